The quantitative estimate of drug-likeness (QED) is 0.638. The summed E-state index contributed by atoms with van der Waals surface area (Å²) in [6.45, 7) is 1.79. The fourth-order valence-electron chi connectivity index (χ4n) is 2.55. The smallest absolute Gasteiger partial charge is 0.274 e. The number of carbonyl (C=O) groups is 1. The van der Waals surface area contributed by atoms with Crippen LogP contribution in [-0.2, 0) is 0 Å². The van der Waals surface area contributed by atoms with Gasteiger partial charge in [0.2, 0.25) is 5.95 Å². The highest BCUT2D eigenvalue weighted by Crippen LogP contribution is 2.28. The monoisotopic (exact) mass is 398 g/mol. The molecule has 144 valence electrons. The van der Waals surface area contributed by atoms with Crippen LogP contribution < -0.4 is 20.1 Å². The van der Waals surface area contributed by atoms with E-state index in [4.69, 9.17) is 21.1 Å². The average Bonchev–Trinajstić information content (AvgIpc) is 2.68. The standard InChI is InChI=1S/C20H19ClN4O3/c1-12-10-16(19(26)24-15-6-4-5-7-18(15)28-3)25-20(22-12)23-13-8-9-17(27-2)14(21)11-13/h4-11H,1-3H3,(H,24,26)(H,22,23,25). The van der Waals surface area contributed by atoms with Gasteiger partial charge in [0.25, 0.3) is 5.91 Å². The Labute approximate surface area is 167 Å². The summed E-state index contributed by atoms with van der Waals surface area (Å²) in [4.78, 5) is 21.3. The molecule has 0 saturated heterocycles. The molecule has 0 aliphatic rings. The number of ether oxygens (including phenoxy) is 2. The number of para-hydroxylation sites is 2. The minimum absolute atomic E-state index is 0.223. The van der Waals surface area contributed by atoms with Gasteiger partial charge in [-0.05, 0) is 43.3 Å². The molecule has 1 amide bonds. The van der Waals surface area contributed by atoms with Gasteiger partial charge >= 0.3 is 0 Å². The van der Waals surface area contributed by atoms with Gasteiger partial charge in [0, 0.05) is 11.4 Å². The van der Waals surface area contributed by atoms with Gasteiger partial charge in [-0.3, -0.25) is 4.79 Å². The lowest BCUT2D eigenvalue weighted by atomic mass is 10.2. The van der Waals surface area contributed by atoms with Crippen molar-refractivity contribution in [2.75, 3.05) is 24.9 Å². The van der Waals surface area contributed by atoms with E-state index < -0.39 is 0 Å². The Bertz CT molecular complexity index is 1010. The molecule has 0 radical (unpaired) electrons. The number of hydrogen-bond donors (Lipinski definition) is 2. The summed E-state index contributed by atoms with van der Waals surface area (Å²) in [5.41, 5.74) is 2.10. The molecule has 2 aromatic carbocycles. The third kappa shape index (κ3) is 4.50. The van der Waals surface area contributed by atoms with Gasteiger partial charge in [-0.1, -0.05) is 23.7 Å². The van der Waals surface area contributed by atoms with Crippen LogP contribution in [0, 0.1) is 6.92 Å². The van der Waals surface area contributed by atoms with Gasteiger partial charge in [-0.25, -0.2) is 9.97 Å². The molecule has 1 aromatic heterocycles. The zero-order valence-electron chi connectivity index (χ0n) is 15.6. The van der Waals surface area contributed by atoms with E-state index in [-0.39, 0.29) is 17.5 Å². The highest BCUT2D eigenvalue weighted by Gasteiger charge is 2.13. The molecule has 0 spiro atoms. The number of aryl methyl sites for hydroxylation is 1. The number of rotatable bonds is 6. The van der Waals surface area contributed by atoms with E-state index in [1.807, 2.05) is 12.1 Å². The molecule has 2 N–H and O–H groups in total. The Kier molecular flexibility index (Phi) is 5.96. The first-order valence-corrected chi connectivity index (χ1v) is 8.78. The van der Waals surface area contributed by atoms with Crippen molar-refractivity contribution in [1.29, 1.82) is 0 Å². The average molecular weight is 399 g/mol. The lowest BCUT2D eigenvalue weighted by Gasteiger charge is -2.11. The summed E-state index contributed by atoms with van der Waals surface area (Å²) in [6.07, 6.45) is 0. The van der Waals surface area contributed by atoms with Crippen LogP contribution in [0.1, 0.15) is 16.2 Å². The number of halogens is 1. The van der Waals surface area contributed by atoms with Gasteiger partial charge in [0.1, 0.15) is 17.2 Å². The van der Waals surface area contributed by atoms with E-state index in [1.165, 1.54) is 0 Å². The highest BCUT2D eigenvalue weighted by molar-refractivity contribution is 6.32. The Balaban J connectivity index is 1.83. The van der Waals surface area contributed by atoms with Crippen LogP contribution in [-0.4, -0.2) is 30.1 Å². The fraction of sp³-hybridized carbons (Fsp3) is 0.150. The Morgan fingerprint density at radius 3 is 2.46 bits per heavy atom. The van der Waals surface area contributed by atoms with E-state index in [1.54, 1.807) is 57.5 Å². The van der Waals surface area contributed by atoms with E-state index in [0.29, 0.717) is 33.6 Å². The van der Waals surface area contributed by atoms with Crippen LogP contribution in [0.3, 0.4) is 0 Å². The minimum Gasteiger partial charge on any atom is -0.495 e. The Hall–Kier alpha value is -3.32. The van der Waals surface area contributed by atoms with Gasteiger partial charge in [-0.15, -0.1) is 0 Å². The van der Waals surface area contributed by atoms with Crippen molar-refractivity contribution in [3.05, 3.63) is 64.9 Å². The Morgan fingerprint density at radius 1 is 1.00 bits per heavy atom. The van der Waals surface area contributed by atoms with Gasteiger partial charge in [-0.2, -0.15) is 0 Å². The van der Waals surface area contributed by atoms with Crippen LogP contribution in [0.4, 0.5) is 17.3 Å². The number of benzene rings is 2. The number of hydrogen-bond acceptors (Lipinski definition) is 6. The van der Waals surface area contributed by atoms with Crippen LogP contribution in [0.25, 0.3) is 0 Å². The lowest BCUT2D eigenvalue weighted by molar-refractivity contribution is 0.102. The summed E-state index contributed by atoms with van der Waals surface area (Å²) in [7, 11) is 3.09. The second-order valence-corrected chi connectivity index (χ2v) is 6.25. The Morgan fingerprint density at radius 2 is 1.75 bits per heavy atom. The molecule has 1 heterocycles. The molecular formula is C20H19ClN4O3. The summed E-state index contributed by atoms with van der Waals surface area (Å²) >= 11 is 6.15. The summed E-state index contributed by atoms with van der Waals surface area (Å²) in [6, 6.07) is 14.0. The molecule has 0 fully saturated rings. The number of nitrogens with zero attached hydrogens (tertiary/aromatic N) is 2. The third-order valence-electron chi connectivity index (χ3n) is 3.85. The van der Waals surface area contributed by atoms with Gasteiger partial charge in [0.15, 0.2) is 0 Å². The highest BCUT2D eigenvalue weighted by atomic mass is 35.5. The molecule has 7 nitrogen and oxygen atoms in total. The molecule has 3 aromatic rings. The molecule has 0 saturated carbocycles. The number of carbonyl (C=O) groups excluding carboxylic acids is 1. The summed E-state index contributed by atoms with van der Waals surface area (Å²) in [5, 5.41) is 6.31. The minimum atomic E-state index is -0.370. The molecule has 0 aliphatic heterocycles. The topological polar surface area (TPSA) is 85.4 Å². The SMILES string of the molecule is COc1ccc(Nc2nc(C)cc(C(=O)Nc3ccccc3OC)n2)cc1Cl. The van der Waals surface area contributed by atoms with Crippen molar-refractivity contribution < 1.29 is 14.3 Å². The van der Waals surface area contributed by atoms with Crippen LogP contribution in [0.15, 0.2) is 48.5 Å². The van der Waals surface area contributed by atoms with E-state index >= 15 is 0 Å². The second kappa shape index (κ2) is 8.58. The van der Waals surface area contributed by atoms with Crippen molar-refractivity contribution in [2.45, 2.75) is 6.92 Å². The molecule has 28 heavy (non-hydrogen) atoms. The number of aromatic nitrogens is 2. The maximum absolute atomic E-state index is 12.7. The van der Waals surface area contributed by atoms with Crippen molar-refractivity contribution in [3.63, 3.8) is 0 Å². The number of methoxy groups -OCH3 is 2. The molecular weight excluding hydrogens is 380 g/mol. The first kappa shape index (κ1) is 19.4. The predicted molar refractivity (Wildman–Crippen MR) is 109 cm³/mol. The van der Waals surface area contributed by atoms with E-state index in [9.17, 15) is 4.79 Å². The maximum atomic E-state index is 12.7. The van der Waals surface area contributed by atoms with Crippen molar-refractivity contribution in [3.8, 4) is 11.5 Å². The maximum Gasteiger partial charge on any atom is 0.274 e. The van der Waals surface area contributed by atoms with Gasteiger partial charge < -0.3 is 20.1 Å². The zero-order valence-corrected chi connectivity index (χ0v) is 16.4. The number of anilines is 3. The van der Waals surface area contributed by atoms with E-state index in [2.05, 4.69) is 20.6 Å². The van der Waals surface area contributed by atoms with Crippen molar-refractivity contribution in [1.82, 2.24) is 9.97 Å². The third-order valence-corrected chi connectivity index (χ3v) is 4.15. The molecule has 8 heteroatoms. The van der Waals surface area contributed by atoms with Crippen LogP contribution in [0.5, 0.6) is 11.5 Å². The predicted octanol–water partition coefficient (Wildman–Crippen LogP) is 4.45. The first-order chi connectivity index (χ1) is 13.5. The van der Waals surface area contributed by atoms with Crippen molar-refractivity contribution >= 4 is 34.8 Å². The molecule has 0 unspecified atom stereocenters. The zero-order chi connectivity index (χ0) is 20.1. The second-order valence-electron chi connectivity index (χ2n) is 5.85. The number of nitrogens with one attached hydrogen (secondary N) is 2. The normalized spacial score (nSPS) is 10.3. The van der Waals surface area contributed by atoms with Crippen LogP contribution >= 0.6 is 11.6 Å². The van der Waals surface area contributed by atoms with Crippen molar-refractivity contribution in [2.24, 2.45) is 0 Å². The molecule has 0 atom stereocenters. The first-order valence-electron chi connectivity index (χ1n) is 8.41. The molecule has 0 aliphatic carbocycles. The largest absolute Gasteiger partial charge is 0.495 e. The fourth-order valence-corrected chi connectivity index (χ4v) is 2.81. The van der Waals surface area contributed by atoms with E-state index in [0.717, 1.165) is 0 Å². The summed E-state index contributed by atoms with van der Waals surface area (Å²) < 4.78 is 10.4. The van der Waals surface area contributed by atoms with Gasteiger partial charge in [0.05, 0.1) is 24.9 Å². The van der Waals surface area contributed by atoms with Crippen LogP contribution in [0.2, 0.25) is 5.02 Å². The summed E-state index contributed by atoms with van der Waals surface area (Å²) in [5.74, 6) is 1.04. The number of amides is 1. The lowest BCUT2D eigenvalue weighted by Crippen LogP contribution is -2.16. The molecule has 0 bridgehead atoms. The molecule has 3 rings (SSSR count).